The molecule has 5 heterocycles. The van der Waals surface area contributed by atoms with Gasteiger partial charge in [-0.3, -0.25) is 14.8 Å². The number of aryl methyl sites for hydroxylation is 1. The number of aromatic nitrogens is 6. The van der Waals surface area contributed by atoms with Crippen molar-refractivity contribution in [1.29, 1.82) is 0 Å². The first-order valence-electron chi connectivity index (χ1n) is 9.40. The molecule has 5 rings (SSSR count). The minimum atomic E-state index is -4.57. The Hall–Kier alpha value is -3.34. The third-order valence-electron chi connectivity index (χ3n) is 5.52. The van der Waals surface area contributed by atoms with Crippen molar-refractivity contribution < 1.29 is 22.3 Å². The van der Waals surface area contributed by atoms with E-state index < -0.39 is 24.1 Å². The first-order valence-corrected chi connectivity index (χ1v) is 9.40. The summed E-state index contributed by atoms with van der Waals surface area (Å²) in [5.41, 5.74) is 1.19. The van der Waals surface area contributed by atoms with Gasteiger partial charge in [-0.25, -0.2) is 9.37 Å². The van der Waals surface area contributed by atoms with Gasteiger partial charge in [-0.15, -0.1) is 0 Å². The van der Waals surface area contributed by atoms with E-state index in [-0.39, 0.29) is 6.61 Å². The summed E-state index contributed by atoms with van der Waals surface area (Å²) in [6.45, 7) is 1.98. The molecule has 0 radical (unpaired) electrons. The number of rotatable bonds is 2. The normalized spacial score (nSPS) is 19.0. The minimum absolute atomic E-state index is 0.305. The summed E-state index contributed by atoms with van der Waals surface area (Å²) in [4.78, 5) is 8.36. The molecule has 0 spiro atoms. The van der Waals surface area contributed by atoms with Crippen molar-refractivity contribution in [2.75, 3.05) is 0 Å². The lowest BCUT2D eigenvalue weighted by molar-refractivity contribution is -0.287. The fraction of sp³-hybridized carbons (Fsp3) is 0.300. The molecule has 0 fully saturated rings. The van der Waals surface area contributed by atoms with Crippen molar-refractivity contribution in [2.24, 2.45) is 0 Å². The third kappa shape index (κ3) is 2.99. The first-order chi connectivity index (χ1) is 14.7. The molecule has 0 saturated carbocycles. The maximum Gasteiger partial charge on any atom is 0.419 e. The lowest BCUT2D eigenvalue weighted by Crippen LogP contribution is -2.51. The molecule has 1 aliphatic rings. The number of hydrogen-bond acceptors (Lipinski definition) is 5. The largest absolute Gasteiger partial charge is 0.419 e. The third-order valence-corrected chi connectivity index (χ3v) is 5.52. The number of halogens is 4. The maximum atomic E-state index is 13.6. The molecule has 31 heavy (non-hydrogen) atoms. The molecule has 160 valence electrons. The number of aromatic amines is 1. The monoisotopic (exact) mass is 432 g/mol. The molecule has 1 aliphatic heterocycles. The predicted octanol–water partition coefficient (Wildman–Crippen LogP) is 4.18. The molecule has 4 aromatic rings. The Morgan fingerprint density at radius 3 is 2.71 bits per heavy atom. The summed E-state index contributed by atoms with van der Waals surface area (Å²) in [6.07, 6.45) is -1.96. The maximum absolute atomic E-state index is 13.6. The number of pyridine rings is 2. The van der Waals surface area contributed by atoms with Crippen LogP contribution in [0.15, 0.2) is 30.6 Å². The number of hydrogen-bond donors (Lipinski definition) is 1. The summed E-state index contributed by atoms with van der Waals surface area (Å²) < 4.78 is 60.8. The molecule has 0 saturated heterocycles. The van der Waals surface area contributed by atoms with Crippen LogP contribution in [0.2, 0.25) is 0 Å². The van der Waals surface area contributed by atoms with E-state index >= 15 is 0 Å². The van der Waals surface area contributed by atoms with Gasteiger partial charge in [0.1, 0.15) is 11.5 Å². The average Bonchev–Trinajstić information content (AvgIpc) is 3.28. The second-order valence-electron chi connectivity index (χ2n) is 7.60. The summed E-state index contributed by atoms with van der Waals surface area (Å²) in [5, 5.41) is 12.2. The van der Waals surface area contributed by atoms with E-state index in [9.17, 15) is 17.6 Å². The summed E-state index contributed by atoms with van der Waals surface area (Å²) in [7, 11) is 0. The second kappa shape index (κ2) is 6.58. The van der Waals surface area contributed by atoms with Gasteiger partial charge in [0.25, 0.3) is 0 Å². The molecule has 0 amide bonds. The van der Waals surface area contributed by atoms with E-state index in [1.807, 2.05) is 0 Å². The van der Waals surface area contributed by atoms with Crippen LogP contribution in [0, 0.1) is 12.7 Å². The van der Waals surface area contributed by atoms with E-state index in [0.29, 0.717) is 44.9 Å². The van der Waals surface area contributed by atoms with Crippen molar-refractivity contribution in [3.05, 3.63) is 47.8 Å². The van der Waals surface area contributed by atoms with Crippen LogP contribution in [0.25, 0.3) is 33.5 Å². The van der Waals surface area contributed by atoms with Crippen LogP contribution in [0.1, 0.15) is 18.3 Å². The molecular weight excluding hydrogens is 416 g/mol. The predicted molar refractivity (Wildman–Crippen MR) is 102 cm³/mol. The lowest BCUT2D eigenvalue weighted by Gasteiger charge is -2.36. The fourth-order valence-corrected chi connectivity index (χ4v) is 3.80. The average molecular weight is 432 g/mol. The highest BCUT2D eigenvalue weighted by Gasteiger charge is 2.55. The number of fused-ring (bicyclic) bond motifs is 2. The van der Waals surface area contributed by atoms with E-state index in [0.717, 1.165) is 13.1 Å². The van der Waals surface area contributed by atoms with Crippen LogP contribution in [0.4, 0.5) is 17.6 Å². The second-order valence-corrected chi connectivity index (χ2v) is 7.60. The number of nitrogens with zero attached hydrogens (tertiary/aromatic N) is 5. The van der Waals surface area contributed by atoms with Crippen molar-refractivity contribution >= 4 is 11.0 Å². The molecule has 1 atom stereocenters. The molecule has 4 aromatic heterocycles. The van der Waals surface area contributed by atoms with E-state index in [2.05, 4.69) is 25.3 Å². The topological polar surface area (TPSA) is 81.5 Å². The Balaban J connectivity index is 1.78. The Morgan fingerprint density at radius 1 is 1.19 bits per heavy atom. The Kier molecular flexibility index (Phi) is 4.16. The van der Waals surface area contributed by atoms with Crippen molar-refractivity contribution in [3.63, 3.8) is 0 Å². The standard InChI is InChI=1S/C20H16F4N6O/c1-10-15-12(5-6-25-18(15)28-27-10)16-14-8-31-19(2,20(22,23)24)9-30(14)29-17(16)13-4-3-11(21)7-26-13/h3-7H,8-9H2,1-2H3,(H,25,27,28). The van der Waals surface area contributed by atoms with Crippen LogP contribution in [0.5, 0.6) is 0 Å². The van der Waals surface area contributed by atoms with Crippen LogP contribution in [-0.2, 0) is 17.9 Å². The molecule has 1 N–H and O–H groups in total. The van der Waals surface area contributed by atoms with Crippen LogP contribution < -0.4 is 0 Å². The van der Waals surface area contributed by atoms with Gasteiger partial charge < -0.3 is 4.74 Å². The highest BCUT2D eigenvalue weighted by molar-refractivity contribution is 5.98. The lowest BCUT2D eigenvalue weighted by atomic mass is 9.97. The molecule has 1 unspecified atom stereocenters. The van der Waals surface area contributed by atoms with E-state index in [1.165, 1.54) is 16.8 Å². The number of nitrogens with one attached hydrogen (secondary N) is 1. The van der Waals surface area contributed by atoms with Crippen molar-refractivity contribution in [3.8, 4) is 22.5 Å². The first kappa shape index (κ1) is 19.6. The number of alkyl halides is 3. The molecule has 0 aliphatic carbocycles. The Labute approximate surface area is 173 Å². The van der Waals surface area contributed by atoms with Gasteiger partial charge in [-0.05, 0) is 32.0 Å². The van der Waals surface area contributed by atoms with Crippen LogP contribution in [0.3, 0.4) is 0 Å². The summed E-state index contributed by atoms with van der Waals surface area (Å²) in [6, 6.07) is 4.41. The van der Waals surface area contributed by atoms with Crippen molar-refractivity contribution in [2.45, 2.75) is 38.8 Å². The zero-order valence-corrected chi connectivity index (χ0v) is 16.5. The molecule has 11 heteroatoms. The van der Waals surface area contributed by atoms with Gasteiger partial charge in [0.05, 0.1) is 36.4 Å². The fourth-order valence-electron chi connectivity index (χ4n) is 3.80. The highest BCUT2D eigenvalue weighted by Crippen LogP contribution is 2.44. The highest BCUT2D eigenvalue weighted by atomic mass is 19.4. The van der Waals surface area contributed by atoms with E-state index in [1.54, 1.807) is 19.2 Å². The van der Waals surface area contributed by atoms with Gasteiger partial charge in [-0.1, -0.05) is 0 Å². The molecule has 7 nitrogen and oxygen atoms in total. The van der Waals surface area contributed by atoms with Crippen LogP contribution in [-0.4, -0.2) is 41.7 Å². The van der Waals surface area contributed by atoms with Crippen molar-refractivity contribution in [1.82, 2.24) is 29.9 Å². The number of ether oxygens (including phenoxy) is 1. The van der Waals surface area contributed by atoms with Gasteiger partial charge in [0.15, 0.2) is 11.2 Å². The zero-order chi connectivity index (χ0) is 22.0. The number of H-pyrrole nitrogens is 1. The van der Waals surface area contributed by atoms with Crippen LogP contribution >= 0.6 is 0 Å². The van der Waals surface area contributed by atoms with Gasteiger partial charge in [0, 0.05) is 22.7 Å². The molecule has 0 bridgehead atoms. The van der Waals surface area contributed by atoms with Gasteiger partial charge >= 0.3 is 6.18 Å². The Morgan fingerprint density at radius 2 is 2.00 bits per heavy atom. The summed E-state index contributed by atoms with van der Waals surface area (Å²) >= 11 is 0. The van der Waals surface area contributed by atoms with Gasteiger partial charge in [0.2, 0.25) is 0 Å². The quantitative estimate of drug-likeness (QED) is 0.481. The summed E-state index contributed by atoms with van der Waals surface area (Å²) in [5.74, 6) is -0.528. The smallest absolute Gasteiger partial charge is 0.358 e. The Bertz CT molecular complexity index is 1290. The minimum Gasteiger partial charge on any atom is -0.358 e. The van der Waals surface area contributed by atoms with Gasteiger partial charge in [-0.2, -0.15) is 23.4 Å². The molecular formula is C20H16F4N6O. The van der Waals surface area contributed by atoms with E-state index in [4.69, 9.17) is 4.74 Å². The molecule has 0 aromatic carbocycles. The zero-order valence-electron chi connectivity index (χ0n) is 16.5. The SMILES string of the molecule is Cc1n[nH]c2nccc(-c3c(-c4ccc(F)cn4)nn4c3COC(C)(C(F)(F)F)C4)c12.